The maximum atomic E-state index is 12.8. The fraction of sp³-hybridized carbons (Fsp3) is 0.250. The van der Waals surface area contributed by atoms with Crippen molar-refractivity contribution >= 4 is 17.7 Å². The van der Waals surface area contributed by atoms with Gasteiger partial charge in [-0.3, -0.25) is 4.79 Å². The largest absolute Gasteiger partial charge is 0.348 e. The van der Waals surface area contributed by atoms with E-state index in [9.17, 15) is 4.79 Å². The molecule has 134 valence electrons. The van der Waals surface area contributed by atoms with E-state index in [-0.39, 0.29) is 11.2 Å². The molecule has 0 unspecified atom stereocenters. The summed E-state index contributed by atoms with van der Waals surface area (Å²) in [6.07, 6.45) is 0. The van der Waals surface area contributed by atoms with Crippen LogP contribution in [0.2, 0.25) is 0 Å². The first kappa shape index (κ1) is 18.2. The predicted molar refractivity (Wildman–Crippen MR) is 105 cm³/mol. The summed E-state index contributed by atoms with van der Waals surface area (Å²) in [5, 5.41) is 9.14. The molecule has 0 fully saturated rings. The van der Waals surface area contributed by atoms with E-state index in [1.165, 1.54) is 11.8 Å². The monoisotopic (exact) mass is 366 g/mol. The number of hydrogen-bond donors (Lipinski definition) is 0. The van der Waals surface area contributed by atoms with Crippen molar-refractivity contribution in [1.29, 1.82) is 0 Å². The number of thioether (sulfide) groups is 1. The maximum absolute atomic E-state index is 12.8. The normalized spacial score (nSPS) is 12.0. The van der Waals surface area contributed by atoms with Gasteiger partial charge < -0.3 is 9.47 Å². The van der Waals surface area contributed by atoms with Crippen LogP contribution in [0.1, 0.15) is 17.7 Å². The number of aromatic nitrogens is 3. The number of benzene rings is 2. The van der Waals surface area contributed by atoms with Crippen LogP contribution < -0.4 is 0 Å². The Morgan fingerprint density at radius 1 is 1.04 bits per heavy atom. The van der Waals surface area contributed by atoms with Crippen molar-refractivity contribution in [1.82, 2.24) is 19.7 Å². The van der Waals surface area contributed by atoms with Gasteiger partial charge in [-0.2, -0.15) is 0 Å². The van der Waals surface area contributed by atoms with Crippen molar-refractivity contribution in [3.8, 4) is 11.4 Å². The van der Waals surface area contributed by atoms with E-state index < -0.39 is 0 Å². The maximum Gasteiger partial charge on any atom is 0.240 e. The van der Waals surface area contributed by atoms with Gasteiger partial charge in [-0.05, 0) is 12.5 Å². The number of likely N-dealkylation sites (N-methyl/N-ethyl adjacent to an activating group) is 1. The molecule has 0 saturated heterocycles. The fourth-order valence-electron chi connectivity index (χ4n) is 2.69. The highest BCUT2D eigenvalue weighted by Gasteiger charge is 2.26. The van der Waals surface area contributed by atoms with Crippen LogP contribution in [0.15, 0.2) is 65.8 Å². The van der Waals surface area contributed by atoms with Gasteiger partial charge in [0.15, 0.2) is 11.0 Å². The summed E-state index contributed by atoms with van der Waals surface area (Å²) in [5.41, 5.74) is 1.98. The minimum Gasteiger partial charge on any atom is -0.348 e. The van der Waals surface area contributed by atoms with Gasteiger partial charge in [-0.25, -0.2) is 0 Å². The SMILES string of the molecule is CCn1c(S[C@H](C(=O)N(C)C)c2ccccc2)nnc1-c1ccccc1. The first-order chi connectivity index (χ1) is 12.6. The summed E-state index contributed by atoms with van der Waals surface area (Å²) >= 11 is 1.44. The molecule has 1 atom stereocenters. The van der Waals surface area contributed by atoms with Gasteiger partial charge in [-0.1, -0.05) is 72.4 Å². The highest BCUT2D eigenvalue weighted by molar-refractivity contribution is 8.00. The minimum absolute atomic E-state index is 0.0353. The van der Waals surface area contributed by atoms with Gasteiger partial charge >= 0.3 is 0 Å². The van der Waals surface area contributed by atoms with Crippen LogP contribution in [0.25, 0.3) is 11.4 Å². The van der Waals surface area contributed by atoms with Crippen molar-refractivity contribution in [2.45, 2.75) is 23.9 Å². The Morgan fingerprint density at radius 2 is 1.65 bits per heavy atom. The van der Waals surface area contributed by atoms with E-state index in [0.717, 1.165) is 28.7 Å². The van der Waals surface area contributed by atoms with Crippen LogP contribution in [-0.4, -0.2) is 39.7 Å². The second-order valence-electron chi connectivity index (χ2n) is 6.06. The zero-order valence-corrected chi connectivity index (χ0v) is 16.0. The van der Waals surface area contributed by atoms with Crippen molar-refractivity contribution in [3.05, 3.63) is 66.2 Å². The Kier molecular flexibility index (Phi) is 5.73. The summed E-state index contributed by atoms with van der Waals surface area (Å²) < 4.78 is 2.05. The zero-order chi connectivity index (χ0) is 18.5. The standard InChI is InChI=1S/C20H22N4OS/c1-4-24-18(16-13-9-6-10-14-16)21-22-20(24)26-17(19(25)23(2)3)15-11-7-5-8-12-15/h5-14,17H,4H2,1-3H3/t17-/m0/s1. The molecule has 6 heteroatoms. The van der Waals surface area contributed by atoms with E-state index in [1.54, 1.807) is 19.0 Å². The fourth-order valence-corrected chi connectivity index (χ4v) is 3.94. The molecule has 1 aromatic heterocycles. The molecule has 2 aromatic carbocycles. The molecule has 0 bridgehead atoms. The van der Waals surface area contributed by atoms with Crippen LogP contribution >= 0.6 is 11.8 Å². The third-order valence-electron chi connectivity index (χ3n) is 4.06. The van der Waals surface area contributed by atoms with Gasteiger partial charge in [0.2, 0.25) is 5.91 Å². The Labute approximate surface area is 158 Å². The van der Waals surface area contributed by atoms with Crippen molar-refractivity contribution < 1.29 is 4.79 Å². The van der Waals surface area contributed by atoms with E-state index >= 15 is 0 Å². The van der Waals surface area contributed by atoms with Gasteiger partial charge in [0, 0.05) is 26.2 Å². The molecule has 0 aliphatic heterocycles. The number of nitrogens with zero attached hydrogens (tertiary/aromatic N) is 4. The summed E-state index contributed by atoms with van der Waals surface area (Å²) in [6.45, 7) is 2.79. The van der Waals surface area contributed by atoms with E-state index in [4.69, 9.17) is 0 Å². The third kappa shape index (κ3) is 3.80. The number of amides is 1. The molecule has 0 spiro atoms. The molecular weight excluding hydrogens is 344 g/mol. The average molecular weight is 366 g/mol. The molecule has 3 rings (SSSR count). The van der Waals surface area contributed by atoms with E-state index in [1.807, 2.05) is 60.7 Å². The minimum atomic E-state index is -0.357. The van der Waals surface area contributed by atoms with Gasteiger partial charge in [-0.15, -0.1) is 10.2 Å². The van der Waals surface area contributed by atoms with Crippen LogP contribution in [0.4, 0.5) is 0 Å². The predicted octanol–water partition coefficient (Wildman–Crippen LogP) is 3.89. The molecule has 26 heavy (non-hydrogen) atoms. The van der Waals surface area contributed by atoms with Crippen LogP contribution in [0, 0.1) is 0 Å². The zero-order valence-electron chi connectivity index (χ0n) is 15.2. The lowest BCUT2D eigenvalue weighted by atomic mass is 10.1. The molecule has 1 amide bonds. The van der Waals surface area contributed by atoms with Gasteiger partial charge in [0.05, 0.1) is 0 Å². The molecule has 0 aliphatic rings. The summed E-state index contributed by atoms with van der Waals surface area (Å²) in [5.74, 6) is 0.854. The second kappa shape index (κ2) is 8.19. The molecule has 0 saturated carbocycles. The van der Waals surface area contributed by atoms with Gasteiger partial charge in [0.1, 0.15) is 5.25 Å². The average Bonchev–Trinajstić information content (AvgIpc) is 3.09. The van der Waals surface area contributed by atoms with E-state index in [2.05, 4.69) is 21.7 Å². The smallest absolute Gasteiger partial charge is 0.240 e. The highest BCUT2D eigenvalue weighted by Crippen LogP contribution is 2.36. The Balaban J connectivity index is 1.97. The number of carbonyl (C=O) groups excluding carboxylic acids is 1. The van der Waals surface area contributed by atoms with Crippen molar-refractivity contribution in [2.75, 3.05) is 14.1 Å². The number of carbonyl (C=O) groups is 1. The van der Waals surface area contributed by atoms with Crippen LogP contribution in [0.3, 0.4) is 0 Å². The Hall–Kier alpha value is -2.60. The quantitative estimate of drug-likeness (QED) is 0.621. The lowest BCUT2D eigenvalue weighted by Crippen LogP contribution is -2.27. The van der Waals surface area contributed by atoms with Gasteiger partial charge in [0.25, 0.3) is 0 Å². The summed E-state index contributed by atoms with van der Waals surface area (Å²) in [4.78, 5) is 14.4. The lowest BCUT2D eigenvalue weighted by Gasteiger charge is -2.20. The highest BCUT2D eigenvalue weighted by atomic mass is 32.2. The topological polar surface area (TPSA) is 51.0 Å². The molecule has 1 heterocycles. The Morgan fingerprint density at radius 3 is 2.23 bits per heavy atom. The van der Waals surface area contributed by atoms with Crippen LogP contribution in [0.5, 0.6) is 0 Å². The van der Waals surface area contributed by atoms with Crippen LogP contribution in [-0.2, 0) is 11.3 Å². The van der Waals surface area contributed by atoms with Crippen molar-refractivity contribution in [2.24, 2.45) is 0 Å². The number of hydrogen-bond acceptors (Lipinski definition) is 4. The summed E-state index contributed by atoms with van der Waals surface area (Å²) in [7, 11) is 3.55. The lowest BCUT2D eigenvalue weighted by molar-refractivity contribution is -0.128. The van der Waals surface area contributed by atoms with Crippen molar-refractivity contribution in [3.63, 3.8) is 0 Å². The molecule has 0 N–H and O–H groups in total. The molecule has 0 aliphatic carbocycles. The third-order valence-corrected chi connectivity index (χ3v) is 5.28. The number of rotatable bonds is 6. The Bertz CT molecular complexity index is 862. The summed E-state index contributed by atoms with van der Waals surface area (Å²) in [6, 6.07) is 19.8. The van der Waals surface area contributed by atoms with E-state index in [0.29, 0.717) is 0 Å². The molecular formula is C20H22N4OS. The first-order valence-corrected chi connectivity index (χ1v) is 9.41. The second-order valence-corrected chi connectivity index (χ2v) is 7.13. The molecule has 0 radical (unpaired) electrons. The first-order valence-electron chi connectivity index (χ1n) is 8.53. The molecule has 5 nitrogen and oxygen atoms in total. The molecule has 3 aromatic rings.